The number of halogens is 1. The first-order valence-electron chi connectivity index (χ1n) is 7.50. The fraction of sp³-hybridized carbons (Fsp3) is 0.625. The molecule has 0 fully saturated rings. The lowest BCUT2D eigenvalue weighted by Gasteiger charge is -2.12. The first-order chi connectivity index (χ1) is 9.99. The molecule has 0 aliphatic heterocycles. The van der Waals surface area contributed by atoms with Gasteiger partial charge in [0.25, 0.3) is 0 Å². The summed E-state index contributed by atoms with van der Waals surface area (Å²) in [4.78, 5) is 23.1. The van der Waals surface area contributed by atoms with Crippen LogP contribution >= 0.6 is 11.8 Å². The van der Waals surface area contributed by atoms with Gasteiger partial charge in [-0.15, -0.1) is 0 Å². The van der Waals surface area contributed by atoms with Gasteiger partial charge in [-0.25, -0.2) is 4.39 Å². The molecule has 0 aromatic rings. The Kier molecular flexibility index (Phi) is 8.35. The summed E-state index contributed by atoms with van der Waals surface area (Å²) in [6, 6.07) is 0. The molecule has 1 aliphatic carbocycles. The van der Waals surface area contributed by atoms with E-state index < -0.39 is 0 Å². The minimum atomic E-state index is -0.220. The van der Waals surface area contributed by atoms with Crippen LogP contribution in [-0.4, -0.2) is 22.8 Å². The Bertz CT molecular complexity index is 419. The van der Waals surface area contributed by atoms with Crippen LogP contribution in [0.25, 0.3) is 0 Å². The Hall–Kier alpha value is -1.10. The van der Waals surface area contributed by atoms with E-state index in [0.717, 1.165) is 19.3 Å². The number of thioether (sulfide) groups is 1. The molecule has 0 spiro atoms. The zero-order chi connectivity index (χ0) is 15.7. The number of hydrogen-bond donors (Lipinski definition) is 1. The molecule has 0 saturated heterocycles. The van der Waals surface area contributed by atoms with Gasteiger partial charge in [-0.1, -0.05) is 38.1 Å². The smallest absolute Gasteiger partial charge is 0.222 e. The van der Waals surface area contributed by atoms with Gasteiger partial charge in [0.15, 0.2) is 5.12 Å². The maximum absolute atomic E-state index is 12.8. The van der Waals surface area contributed by atoms with Crippen LogP contribution in [0.4, 0.5) is 4.39 Å². The summed E-state index contributed by atoms with van der Waals surface area (Å²) >= 11 is 1.29. The number of carbonyl (C=O) groups is 2. The Morgan fingerprint density at radius 1 is 1.38 bits per heavy atom. The highest BCUT2D eigenvalue weighted by Gasteiger charge is 2.13. The van der Waals surface area contributed by atoms with Crippen molar-refractivity contribution < 1.29 is 14.0 Å². The highest BCUT2D eigenvalue weighted by atomic mass is 32.2. The van der Waals surface area contributed by atoms with Crippen molar-refractivity contribution >= 4 is 22.8 Å². The Morgan fingerprint density at radius 2 is 2.14 bits per heavy atom. The third-order valence-electron chi connectivity index (χ3n) is 3.18. The molecule has 0 aromatic carbocycles. The minimum Gasteiger partial charge on any atom is -0.356 e. The van der Waals surface area contributed by atoms with Crippen molar-refractivity contribution in [3.8, 4) is 0 Å². The van der Waals surface area contributed by atoms with Gasteiger partial charge in [0.1, 0.15) is 5.83 Å². The van der Waals surface area contributed by atoms with Gasteiger partial charge in [-0.2, -0.15) is 0 Å². The van der Waals surface area contributed by atoms with Crippen LogP contribution in [0.15, 0.2) is 24.1 Å². The first kappa shape index (κ1) is 18.0. The second-order valence-electron chi connectivity index (χ2n) is 5.47. The van der Waals surface area contributed by atoms with Crippen molar-refractivity contribution in [2.45, 2.75) is 51.2 Å². The molecule has 3 nitrogen and oxygen atoms in total. The van der Waals surface area contributed by atoms with E-state index in [-0.39, 0.29) is 28.0 Å². The summed E-state index contributed by atoms with van der Waals surface area (Å²) in [7, 11) is 0. The molecule has 0 saturated carbocycles. The summed E-state index contributed by atoms with van der Waals surface area (Å²) in [5.74, 6) is -0.126. The molecule has 1 amide bonds. The average molecular weight is 313 g/mol. The predicted octanol–water partition coefficient (Wildman–Crippen LogP) is 3.76. The molecule has 0 radical (unpaired) electrons. The van der Waals surface area contributed by atoms with Crippen LogP contribution < -0.4 is 5.32 Å². The van der Waals surface area contributed by atoms with E-state index in [1.54, 1.807) is 6.08 Å². The SMILES string of the molecule is CC(C)C(=O)NCCCCCC(=O)SC1C=CC(F)=CC1. The normalized spacial score (nSPS) is 17.7. The van der Waals surface area contributed by atoms with Gasteiger partial charge in [0.2, 0.25) is 5.91 Å². The third kappa shape index (κ3) is 8.05. The zero-order valence-corrected chi connectivity index (χ0v) is 13.5. The number of unbranched alkanes of at least 4 members (excludes halogenated alkanes) is 2. The van der Waals surface area contributed by atoms with Gasteiger partial charge in [0.05, 0.1) is 0 Å². The summed E-state index contributed by atoms with van der Waals surface area (Å²) < 4.78 is 12.8. The van der Waals surface area contributed by atoms with Crippen molar-refractivity contribution in [3.63, 3.8) is 0 Å². The number of hydrogen-bond acceptors (Lipinski definition) is 3. The maximum atomic E-state index is 12.8. The molecule has 0 aromatic heterocycles. The Labute approximate surface area is 130 Å². The standard InChI is InChI=1S/C16H24FNO2S/c1-12(2)16(20)18-11-5-3-4-6-15(19)21-14-9-7-13(17)8-10-14/h7-9,12,14H,3-6,10-11H2,1-2H3,(H,18,20). The van der Waals surface area contributed by atoms with Crippen molar-refractivity contribution in [2.75, 3.05) is 6.54 Å². The van der Waals surface area contributed by atoms with E-state index in [1.807, 2.05) is 13.8 Å². The van der Waals surface area contributed by atoms with Gasteiger partial charge < -0.3 is 5.32 Å². The van der Waals surface area contributed by atoms with E-state index in [4.69, 9.17) is 0 Å². The minimum absolute atomic E-state index is 0.0189. The molecule has 5 heteroatoms. The molecule has 1 atom stereocenters. The average Bonchev–Trinajstić information content (AvgIpc) is 2.44. The quantitative estimate of drug-likeness (QED) is 0.694. The van der Waals surface area contributed by atoms with Crippen molar-refractivity contribution in [3.05, 3.63) is 24.1 Å². The molecule has 21 heavy (non-hydrogen) atoms. The number of nitrogens with one attached hydrogen (secondary N) is 1. The largest absolute Gasteiger partial charge is 0.356 e. The van der Waals surface area contributed by atoms with Crippen LogP contribution in [0.1, 0.15) is 46.0 Å². The monoisotopic (exact) mass is 313 g/mol. The van der Waals surface area contributed by atoms with E-state index in [9.17, 15) is 14.0 Å². The van der Waals surface area contributed by atoms with E-state index in [0.29, 0.717) is 19.4 Å². The van der Waals surface area contributed by atoms with Gasteiger partial charge in [-0.3, -0.25) is 9.59 Å². The molecular weight excluding hydrogens is 289 g/mol. The van der Waals surface area contributed by atoms with E-state index in [1.165, 1.54) is 23.9 Å². The van der Waals surface area contributed by atoms with E-state index in [2.05, 4.69) is 5.32 Å². The van der Waals surface area contributed by atoms with Crippen LogP contribution in [0.2, 0.25) is 0 Å². The number of rotatable bonds is 8. The molecule has 0 heterocycles. The highest BCUT2D eigenvalue weighted by Crippen LogP contribution is 2.25. The first-order valence-corrected chi connectivity index (χ1v) is 8.38. The van der Waals surface area contributed by atoms with Crippen LogP contribution in [-0.2, 0) is 9.59 Å². The zero-order valence-electron chi connectivity index (χ0n) is 12.7. The lowest BCUT2D eigenvalue weighted by Crippen LogP contribution is -2.28. The molecule has 1 aliphatic rings. The summed E-state index contributed by atoms with van der Waals surface area (Å²) in [5.41, 5.74) is 0. The molecule has 118 valence electrons. The molecule has 1 rings (SSSR count). The summed E-state index contributed by atoms with van der Waals surface area (Å²) in [6.45, 7) is 4.41. The second-order valence-corrected chi connectivity index (χ2v) is 6.77. The summed E-state index contributed by atoms with van der Waals surface area (Å²) in [6.07, 6.45) is 8.48. The fourth-order valence-electron chi connectivity index (χ4n) is 1.88. The van der Waals surface area contributed by atoms with Gasteiger partial charge in [-0.05, 0) is 31.4 Å². The third-order valence-corrected chi connectivity index (χ3v) is 4.30. The molecule has 1 unspecified atom stereocenters. The summed E-state index contributed by atoms with van der Waals surface area (Å²) in [5, 5.41) is 3.09. The highest BCUT2D eigenvalue weighted by molar-refractivity contribution is 8.14. The van der Waals surface area contributed by atoms with Crippen LogP contribution in [0.3, 0.4) is 0 Å². The van der Waals surface area contributed by atoms with Gasteiger partial charge >= 0.3 is 0 Å². The molecule has 0 bridgehead atoms. The predicted molar refractivity (Wildman–Crippen MR) is 85.6 cm³/mol. The van der Waals surface area contributed by atoms with Crippen LogP contribution in [0, 0.1) is 5.92 Å². The Balaban J connectivity index is 2.01. The van der Waals surface area contributed by atoms with Crippen molar-refractivity contribution in [1.82, 2.24) is 5.32 Å². The lowest BCUT2D eigenvalue weighted by molar-refractivity contribution is -0.124. The van der Waals surface area contributed by atoms with Crippen molar-refractivity contribution in [1.29, 1.82) is 0 Å². The van der Waals surface area contributed by atoms with Gasteiger partial charge in [0, 0.05) is 24.1 Å². The molecule has 1 N–H and O–H groups in total. The number of amides is 1. The Morgan fingerprint density at radius 3 is 2.76 bits per heavy atom. The van der Waals surface area contributed by atoms with Crippen LogP contribution in [0.5, 0.6) is 0 Å². The number of carbonyl (C=O) groups excluding carboxylic acids is 2. The molecular formula is C16H24FNO2S. The fourth-order valence-corrected chi connectivity index (χ4v) is 2.83. The van der Waals surface area contributed by atoms with E-state index >= 15 is 0 Å². The second kappa shape index (κ2) is 9.77. The lowest BCUT2D eigenvalue weighted by atomic mass is 10.2. The van der Waals surface area contributed by atoms with Crippen molar-refractivity contribution in [2.24, 2.45) is 5.92 Å². The maximum Gasteiger partial charge on any atom is 0.222 e. The number of allylic oxidation sites excluding steroid dienone is 3. The topological polar surface area (TPSA) is 46.2 Å².